The summed E-state index contributed by atoms with van der Waals surface area (Å²) in [6.45, 7) is 2.53. The van der Waals surface area contributed by atoms with Gasteiger partial charge in [0, 0.05) is 28.7 Å². The van der Waals surface area contributed by atoms with Crippen LogP contribution in [-0.2, 0) is 6.54 Å². The molecule has 0 saturated heterocycles. The van der Waals surface area contributed by atoms with Crippen molar-refractivity contribution in [1.29, 1.82) is 0 Å². The van der Waals surface area contributed by atoms with Gasteiger partial charge in [-0.1, -0.05) is 12.1 Å². The molecule has 3 aromatic rings. The second-order valence-corrected chi connectivity index (χ2v) is 5.56. The molecular formula is C14H12N4O2S. The molecule has 2 aromatic heterocycles. The fourth-order valence-electron chi connectivity index (χ4n) is 2.14. The Kier molecular flexibility index (Phi) is 3.49. The van der Waals surface area contributed by atoms with Crippen molar-refractivity contribution in [1.82, 2.24) is 9.97 Å². The lowest BCUT2D eigenvalue weighted by molar-refractivity contribution is -0.383. The minimum atomic E-state index is -0.414. The Bertz CT molecular complexity index is 816. The van der Waals surface area contributed by atoms with Gasteiger partial charge >= 0.3 is 0 Å². The van der Waals surface area contributed by atoms with Crippen LogP contribution >= 0.6 is 11.3 Å². The molecule has 21 heavy (non-hydrogen) atoms. The number of pyridine rings is 1. The van der Waals surface area contributed by atoms with Crippen molar-refractivity contribution in [3.05, 3.63) is 56.7 Å². The zero-order valence-corrected chi connectivity index (χ0v) is 12.1. The van der Waals surface area contributed by atoms with Crippen LogP contribution in [0.2, 0.25) is 0 Å². The number of nitro groups is 1. The number of nitro benzene ring substituents is 1. The molecule has 0 fully saturated rings. The molecule has 106 valence electrons. The number of rotatable bonds is 4. The van der Waals surface area contributed by atoms with Gasteiger partial charge in [0.2, 0.25) is 0 Å². The second-order valence-electron chi connectivity index (χ2n) is 4.50. The zero-order chi connectivity index (χ0) is 14.8. The molecule has 0 atom stereocenters. The van der Waals surface area contributed by atoms with Crippen LogP contribution in [-0.4, -0.2) is 14.9 Å². The van der Waals surface area contributed by atoms with Crippen molar-refractivity contribution in [2.45, 2.75) is 13.5 Å². The van der Waals surface area contributed by atoms with Gasteiger partial charge in [-0.15, -0.1) is 11.3 Å². The number of aromatic nitrogens is 2. The number of aryl methyl sites for hydroxylation is 1. The number of hydrogen-bond acceptors (Lipinski definition) is 6. The molecule has 0 bridgehead atoms. The Morgan fingerprint density at radius 3 is 2.95 bits per heavy atom. The molecule has 7 heteroatoms. The molecule has 0 saturated carbocycles. The summed E-state index contributed by atoms with van der Waals surface area (Å²) < 4.78 is 0. The van der Waals surface area contributed by atoms with Gasteiger partial charge in [0.05, 0.1) is 22.2 Å². The van der Waals surface area contributed by atoms with E-state index >= 15 is 0 Å². The lowest BCUT2D eigenvalue weighted by atomic mass is 10.1. The maximum atomic E-state index is 11.0. The first kappa shape index (κ1) is 13.4. The minimum Gasteiger partial charge on any atom is -0.379 e. The van der Waals surface area contributed by atoms with E-state index < -0.39 is 4.92 Å². The Labute approximate surface area is 124 Å². The smallest absolute Gasteiger partial charge is 0.295 e. The van der Waals surface area contributed by atoms with Gasteiger partial charge in [0.15, 0.2) is 0 Å². The number of nitrogens with zero attached hydrogens (tertiary/aromatic N) is 3. The Morgan fingerprint density at radius 1 is 1.38 bits per heavy atom. The largest absolute Gasteiger partial charge is 0.379 e. The molecule has 0 spiro atoms. The number of non-ortho nitro benzene ring substituents is 1. The van der Waals surface area contributed by atoms with Gasteiger partial charge < -0.3 is 5.32 Å². The van der Waals surface area contributed by atoms with Crippen LogP contribution in [0.25, 0.3) is 10.9 Å². The predicted molar refractivity (Wildman–Crippen MR) is 82.6 cm³/mol. The minimum absolute atomic E-state index is 0.0145. The third-order valence-electron chi connectivity index (χ3n) is 3.07. The molecule has 0 aliphatic heterocycles. The molecule has 1 N–H and O–H groups in total. The van der Waals surface area contributed by atoms with Crippen LogP contribution in [0.15, 0.2) is 35.8 Å². The third-order valence-corrected chi connectivity index (χ3v) is 3.90. The van der Waals surface area contributed by atoms with Gasteiger partial charge in [0.1, 0.15) is 5.52 Å². The van der Waals surface area contributed by atoms with Crippen molar-refractivity contribution >= 4 is 33.6 Å². The Morgan fingerprint density at radius 2 is 2.24 bits per heavy atom. The number of anilines is 1. The molecule has 0 aliphatic rings. The lowest BCUT2D eigenvalue weighted by Gasteiger charge is -2.08. The molecule has 0 aliphatic carbocycles. The summed E-state index contributed by atoms with van der Waals surface area (Å²) in [7, 11) is 0. The third kappa shape index (κ3) is 2.68. The summed E-state index contributed by atoms with van der Waals surface area (Å²) in [5, 5.41) is 18.1. The molecule has 0 radical (unpaired) electrons. The predicted octanol–water partition coefficient (Wildman–Crippen LogP) is 3.52. The molecule has 2 heterocycles. The first-order chi connectivity index (χ1) is 10.1. The molecule has 1 aromatic carbocycles. The fraction of sp³-hybridized carbons (Fsp3) is 0.143. The van der Waals surface area contributed by atoms with Crippen LogP contribution in [0.3, 0.4) is 0 Å². The summed E-state index contributed by atoms with van der Waals surface area (Å²) in [5.41, 5.74) is 2.17. The zero-order valence-electron chi connectivity index (χ0n) is 11.2. The van der Waals surface area contributed by atoms with Gasteiger partial charge in [-0.2, -0.15) is 0 Å². The van der Waals surface area contributed by atoms with E-state index in [9.17, 15) is 10.1 Å². The number of para-hydroxylation sites is 1. The highest BCUT2D eigenvalue weighted by Gasteiger charge is 2.14. The topological polar surface area (TPSA) is 81.0 Å². The molecular weight excluding hydrogens is 288 g/mol. The maximum absolute atomic E-state index is 11.0. The summed E-state index contributed by atoms with van der Waals surface area (Å²) in [6.07, 6.45) is 1.57. The Balaban J connectivity index is 1.95. The number of fused-ring (bicyclic) bond motifs is 1. The Hall–Kier alpha value is -2.54. The highest BCUT2D eigenvalue weighted by molar-refractivity contribution is 7.09. The fourth-order valence-corrected chi connectivity index (χ4v) is 2.75. The standard InChI is InChI=1S/C14H12N4O2S/c1-9-17-10(8-21-9)7-16-12-5-6-15-14-11(12)3-2-4-13(14)18(19)20/h2-6,8H,7H2,1H3,(H,15,16). The normalized spacial score (nSPS) is 10.7. The van der Waals surface area contributed by atoms with Crippen molar-refractivity contribution < 1.29 is 4.92 Å². The average molecular weight is 300 g/mol. The van der Waals surface area contributed by atoms with Crippen molar-refractivity contribution in [2.24, 2.45) is 0 Å². The lowest BCUT2D eigenvalue weighted by Crippen LogP contribution is -2.01. The van der Waals surface area contributed by atoms with Crippen LogP contribution < -0.4 is 5.32 Å². The van der Waals surface area contributed by atoms with Crippen LogP contribution in [0.1, 0.15) is 10.7 Å². The van der Waals surface area contributed by atoms with Crippen LogP contribution in [0, 0.1) is 17.0 Å². The van der Waals surface area contributed by atoms with E-state index in [2.05, 4.69) is 15.3 Å². The number of nitrogens with one attached hydrogen (secondary N) is 1. The first-order valence-electron chi connectivity index (χ1n) is 6.32. The quantitative estimate of drug-likeness (QED) is 0.589. The molecule has 3 rings (SSSR count). The van der Waals surface area contributed by atoms with E-state index in [0.29, 0.717) is 12.1 Å². The van der Waals surface area contributed by atoms with Gasteiger partial charge in [0.25, 0.3) is 5.69 Å². The van der Waals surface area contributed by atoms with E-state index in [0.717, 1.165) is 21.8 Å². The highest BCUT2D eigenvalue weighted by Crippen LogP contribution is 2.28. The number of thiazole rings is 1. The number of hydrogen-bond donors (Lipinski definition) is 1. The molecule has 6 nitrogen and oxygen atoms in total. The van der Waals surface area contributed by atoms with E-state index in [1.807, 2.05) is 24.4 Å². The van der Waals surface area contributed by atoms with E-state index in [1.54, 1.807) is 23.6 Å². The molecule has 0 unspecified atom stereocenters. The SMILES string of the molecule is Cc1nc(CNc2ccnc3c([N+](=O)[O-])cccc23)cs1. The monoisotopic (exact) mass is 300 g/mol. The summed E-state index contributed by atoms with van der Waals surface area (Å²) in [6, 6.07) is 6.76. The van der Waals surface area contributed by atoms with Gasteiger partial charge in [-0.25, -0.2) is 9.97 Å². The average Bonchev–Trinajstić information content (AvgIpc) is 2.90. The van der Waals surface area contributed by atoms with Crippen molar-refractivity contribution in [3.63, 3.8) is 0 Å². The summed E-state index contributed by atoms with van der Waals surface area (Å²) in [5.74, 6) is 0. The molecule has 0 amide bonds. The van der Waals surface area contributed by atoms with Crippen LogP contribution in [0.4, 0.5) is 11.4 Å². The first-order valence-corrected chi connectivity index (χ1v) is 7.20. The summed E-state index contributed by atoms with van der Waals surface area (Å²) in [4.78, 5) is 19.1. The number of benzene rings is 1. The summed E-state index contributed by atoms with van der Waals surface area (Å²) >= 11 is 1.60. The van der Waals surface area contributed by atoms with E-state index in [1.165, 1.54) is 6.07 Å². The maximum Gasteiger partial charge on any atom is 0.295 e. The van der Waals surface area contributed by atoms with E-state index in [-0.39, 0.29) is 5.69 Å². The van der Waals surface area contributed by atoms with E-state index in [4.69, 9.17) is 0 Å². The van der Waals surface area contributed by atoms with Crippen molar-refractivity contribution in [3.8, 4) is 0 Å². The van der Waals surface area contributed by atoms with Crippen LogP contribution in [0.5, 0.6) is 0 Å². The second kappa shape index (κ2) is 5.45. The van der Waals surface area contributed by atoms with Gasteiger partial charge in [-0.05, 0) is 13.0 Å². The highest BCUT2D eigenvalue weighted by atomic mass is 32.1. The van der Waals surface area contributed by atoms with Gasteiger partial charge in [-0.3, -0.25) is 10.1 Å². The van der Waals surface area contributed by atoms with Crippen molar-refractivity contribution in [2.75, 3.05) is 5.32 Å².